The van der Waals surface area contributed by atoms with Crippen LogP contribution in [0.2, 0.25) is 0 Å². The maximum Gasteiger partial charge on any atom is 0.0469 e. The molecule has 1 heteroatoms. The second-order valence-electron chi connectivity index (χ2n) is 3.94. The number of pyridine rings is 1. The molecule has 0 saturated carbocycles. The lowest BCUT2D eigenvalue weighted by molar-refractivity contribution is 0.657. The molecule has 13 heavy (non-hydrogen) atoms. The van der Waals surface area contributed by atoms with Crippen LogP contribution in [0.3, 0.4) is 0 Å². The molecule has 1 unspecified atom stereocenters. The zero-order chi connectivity index (χ0) is 9.26. The molecule has 0 fully saturated rings. The Labute approximate surface area is 79.5 Å². The summed E-state index contributed by atoms with van der Waals surface area (Å²) in [4.78, 5) is 4.45. The van der Waals surface area contributed by atoms with Crippen molar-refractivity contribution in [3.05, 3.63) is 41.7 Å². The van der Waals surface area contributed by atoms with Crippen LogP contribution in [-0.4, -0.2) is 4.98 Å². The summed E-state index contributed by atoms with van der Waals surface area (Å²) >= 11 is 0. The van der Waals surface area contributed by atoms with E-state index in [1.54, 1.807) is 0 Å². The van der Waals surface area contributed by atoms with Crippen LogP contribution in [0.1, 0.15) is 36.9 Å². The number of aromatic nitrogens is 1. The Morgan fingerprint density at radius 3 is 3.31 bits per heavy atom. The van der Waals surface area contributed by atoms with Crippen LogP contribution in [0.15, 0.2) is 30.5 Å². The van der Waals surface area contributed by atoms with Crippen LogP contribution in [-0.2, 0) is 6.42 Å². The highest BCUT2D eigenvalue weighted by Gasteiger charge is 2.22. The highest BCUT2D eigenvalue weighted by atomic mass is 14.7. The summed E-state index contributed by atoms with van der Waals surface area (Å²) in [5.41, 5.74) is 4.02. The third kappa shape index (κ3) is 1.64. The van der Waals surface area contributed by atoms with Crippen molar-refractivity contribution in [1.29, 1.82) is 0 Å². The van der Waals surface area contributed by atoms with Gasteiger partial charge < -0.3 is 0 Å². The van der Waals surface area contributed by atoms with Crippen molar-refractivity contribution in [3.8, 4) is 0 Å². The molecule has 1 atom stereocenters. The molecule has 1 aliphatic rings. The Balaban J connectivity index is 2.23. The monoisotopic (exact) mass is 173 g/mol. The van der Waals surface area contributed by atoms with Gasteiger partial charge in [0.25, 0.3) is 0 Å². The smallest absolute Gasteiger partial charge is 0.0469 e. The van der Waals surface area contributed by atoms with Crippen LogP contribution in [0, 0.1) is 0 Å². The van der Waals surface area contributed by atoms with Gasteiger partial charge in [-0.05, 0) is 37.8 Å². The van der Waals surface area contributed by atoms with Crippen LogP contribution in [0.25, 0.3) is 0 Å². The molecular formula is C12H15N. The van der Waals surface area contributed by atoms with Crippen molar-refractivity contribution in [2.24, 2.45) is 0 Å². The lowest BCUT2D eigenvalue weighted by Gasteiger charge is -2.09. The van der Waals surface area contributed by atoms with Crippen molar-refractivity contribution < 1.29 is 0 Å². The van der Waals surface area contributed by atoms with Crippen LogP contribution in [0.5, 0.6) is 0 Å². The van der Waals surface area contributed by atoms with Crippen molar-refractivity contribution in [2.75, 3.05) is 0 Å². The third-order valence-corrected chi connectivity index (χ3v) is 2.67. The summed E-state index contributed by atoms with van der Waals surface area (Å²) in [6, 6.07) is 4.22. The number of aryl methyl sites for hydroxylation is 1. The minimum atomic E-state index is 0.633. The number of rotatable bonds is 2. The summed E-state index contributed by atoms with van der Waals surface area (Å²) in [6.45, 7) is 6.06. The minimum Gasteiger partial charge on any atom is -0.261 e. The molecule has 0 amide bonds. The molecule has 1 nitrogen and oxygen atoms in total. The normalized spacial score (nSPS) is 19.9. The fourth-order valence-electron chi connectivity index (χ4n) is 2.12. The Morgan fingerprint density at radius 1 is 1.69 bits per heavy atom. The molecule has 1 aliphatic carbocycles. The molecular weight excluding hydrogens is 158 g/mol. The molecule has 1 aromatic rings. The van der Waals surface area contributed by atoms with E-state index in [4.69, 9.17) is 0 Å². The standard InChI is InChI=1S/C12H15N/c1-9(2)8-11-6-5-10-4-3-7-13-12(10)11/h3-4,7,11H,1,5-6,8H2,2H3. The lowest BCUT2D eigenvalue weighted by atomic mass is 9.99. The van der Waals surface area contributed by atoms with Gasteiger partial charge in [0.05, 0.1) is 0 Å². The number of allylic oxidation sites excluding steroid dienone is 1. The van der Waals surface area contributed by atoms with Crippen LogP contribution in [0.4, 0.5) is 0 Å². The quantitative estimate of drug-likeness (QED) is 0.626. The van der Waals surface area contributed by atoms with E-state index in [1.807, 2.05) is 12.3 Å². The summed E-state index contributed by atoms with van der Waals surface area (Å²) in [5.74, 6) is 0.633. The van der Waals surface area contributed by atoms with Gasteiger partial charge in [0.1, 0.15) is 0 Å². The van der Waals surface area contributed by atoms with Crippen molar-refractivity contribution in [1.82, 2.24) is 4.98 Å². The first-order chi connectivity index (χ1) is 6.27. The Hall–Kier alpha value is -1.11. The zero-order valence-corrected chi connectivity index (χ0v) is 8.09. The minimum absolute atomic E-state index is 0.633. The van der Waals surface area contributed by atoms with Crippen molar-refractivity contribution in [2.45, 2.75) is 32.1 Å². The van der Waals surface area contributed by atoms with Gasteiger partial charge in [-0.15, -0.1) is 6.58 Å². The molecule has 2 rings (SSSR count). The fraction of sp³-hybridized carbons (Fsp3) is 0.417. The van der Waals surface area contributed by atoms with E-state index >= 15 is 0 Å². The predicted molar refractivity (Wildman–Crippen MR) is 54.7 cm³/mol. The molecule has 0 saturated heterocycles. The van der Waals surface area contributed by atoms with Gasteiger partial charge in [0, 0.05) is 17.8 Å². The average molecular weight is 173 g/mol. The topological polar surface area (TPSA) is 12.9 Å². The molecule has 0 bridgehead atoms. The molecule has 0 aromatic carbocycles. The first-order valence-corrected chi connectivity index (χ1v) is 4.85. The van der Waals surface area contributed by atoms with Gasteiger partial charge in [-0.1, -0.05) is 11.6 Å². The summed E-state index contributed by atoms with van der Waals surface area (Å²) in [6.07, 6.45) is 5.44. The van der Waals surface area contributed by atoms with E-state index in [0.29, 0.717) is 5.92 Å². The van der Waals surface area contributed by atoms with Crippen molar-refractivity contribution in [3.63, 3.8) is 0 Å². The summed E-state index contributed by atoms with van der Waals surface area (Å²) in [5, 5.41) is 0. The van der Waals surface area contributed by atoms with Gasteiger partial charge in [-0.25, -0.2) is 0 Å². The largest absolute Gasteiger partial charge is 0.261 e. The Morgan fingerprint density at radius 2 is 2.54 bits per heavy atom. The highest BCUT2D eigenvalue weighted by molar-refractivity contribution is 5.29. The van der Waals surface area contributed by atoms with Crippen molar-refractivity contribution >= 4 is 0 Å². The number of fused-ring (bicyclic) bond motifs is 1. The second kappa shape index (κ2) is 3.33. The van der Waals surface area contributed by atoms with E-state index in [9.17, 15) is 0 Å². The van der Waals surface area contributed by atoms with E-state index in [1.165, 1.54) is 29.7 Å². The third-order valence-electron chi connectivity index (χ3n) is 2.67. The molecule has 1 aromatic heterocycles. The molecule has 0 radical (unpaired) electrons. The van der Waals surface area contributed by atoms with Gasteiger partial charge in [0.2, 0.25) is 0 Å². The van der Waals surface area contributed by atoms with Gasteiger partial charge in [0.15, 0.2) is 0 Å². The molecule has 0 aliphatic heterocycles. The molecule has 1 heterocycles. The maximum atomic E-state index is 4.45. The summed E-state index contributed by atoms with van der Waals surface area (Å²) in [7, 11) is 0. The van der Waals surface area contributed by atoms with E-state index < -0.39 is 0 Å². The van der Waals surface area contributed by atoms with E-state index in [0.717, 1.165) is 6.42 Å². The molecule has 0 N–H and O–H groups in total. The maximum absolute atomic E-state index is 4.45. The SMILES string of the molecule is C=C(C)CC1CCc2cccnc21. The zero-order valence-electron chi connectivity index (χ0n) is 8.09. The fourth-order valence-corrected chi connectivity index (χ4v) is 2.12. The highest BCUT2D eigenvalue weighted by Crippen LogP contribution is 2.34. The lowest BCUT2D eigenvalue weighted by Crippen LogP contribution is -1.96. The first kappa shape index (κ1) is 8.49. The van der Waals surface area contributed by atoms with E-state index in [-0.39, 0.29) is 0 Å². The number of hydrogen-bond donors (Lipinski definition) is 0. The second-order valence-corrected chi connectivity index (χ2v) is 3.94. The number of hydrogen-bond acceptors (Lipinski definition) is 1. The average Bonchev–Trinajstić information content (AvgIpc) is 2.48. The van der Waals surface area contributed by atoms with Gasteiger partial charge in [-0.2, -0.15) is 0 Å². The number of nitrogens with zero attached hydrogens (tertiary/aromatic N) is 1. The molecule has 0 spiro atoms. The van der Waals surface area contributed by atoms with Crippen LogP contribution >= 0.6 is 0 Å². The van der Waals surface area contributed by atoms with E-state index in [2.05, 4.69) is 24.6 Å². The Kier molecular flexibility index (Phi) is 2.17. The van der Waals surface area contributed by atoms with Crippen LogP contribution < -0.4 is 0 Å². The predicted octanol–water partition coefficient (Wildman–Crippen LogP) is 3.08. The summed E-state index contributed by atoms with van der Waals surface area (Å²) < 4.78 is 0. The first-order valence-electron chi connectivity index (χ1n) is 4.85. The Bertz CT molecular complexity index is 328. The van der Waals surface area contributed by atoms with Gasteiger partial charge >= 0.3 is 0 Å². The van der Waals surface area contributed by atoms with Gasteiger partial charge in [-0.3, -0.25) is 4.98 Å². The molecule has 68 valence electrons.